The molecule has 0 aliphatic rings. The number of aromatic nitrogens is 1. The predicted octanol–water partition coefficient (Wildman–Crippen LogP) is 2.91. The van der Waals surface area contributed by atoms with Crippen LogP contribution in [0.5, 0.6) is 0 Å². The summed E-state index contributed by atoms with van der Waals surface area (Å²) in [6.07, 6.45) is -4.56. The van der Waals surface area contributed by atoms with Crippen molar-refractivity contribution in [3.05, 3.63) is 23.5 Å². The Morgan fingerprint density at radius 1 is 1.31 bits per heavy atom. The fourth-order valence-corrected chi connectivity index (χ4v) is 0.910. The summed E-state index contributed by atoms with van der Waals surface area (Å²) < 4.78 is 36.4. The Bertz CT molecular complexity index is 375. The maximum Gasteiger partial charge on any atom is 0.433 e. The van der Waals surface area contributed by atoms with E-state index in [2.05, 4.69) is 4.98 Å². The minimum Gasteiger partial charge on any atom is -0.397 e. The smallest absolute Gasteiger partial charge is 0.397 e. The summed E-state index contributed by atoms with van der Waals surface area (Å²) >= 11 is 0. The zero-order valence-electron chi connectivity index (χ0n) is 9.22. The Hall–Kier alpha value is -1.59. The van der Waals surface area contributed by atoms with Crippen LogP contribution in [0.1, 0.15) is 37.0 Å². The zero-order valence-corrected chi connectivity index (χ0v) is 9.22. The molecule has 3 nitrogen and oxygen atoms in total. The number of nitrogen functional groups attached to an aromatic ring is 1. The van der Waals surface area contributed by atoms with Crippen molar-refractivity contribution in [2.45, 2.75) is 26.9 Å². The number of nitrogens with zero attached hydrogens (tertiary/aromatic N) is 1. The monoisotopic (exact) mass is 234 g/mol. The van der Waals surface area contributed by atoms with Crippen molar-refractivity contribution in [2.75, 3.05) is 5.73 Å². The number of nitrogens with two attached hydrogens (primary N) is 1. The number of pyridine rings is 1. The molecule has 1 aromatic rings. The number of hydrogen-bond acceptors (Lipinski definition) is 3. The topological polar surface area (TPSA) is 56.0 Å². The fourth-order valence-electron chi connectivity index (χ4n) is 0.910. The number of ketones is 1. The molecule has 0 saturated heterocycles. The second kappa shape index (κ2) is 5.48. The number of hydrogen-bond donors (Lipinski definition) is 1. The van der Waals surface area contributed by atoms with Crippen LogP contribution in [0.25, 0.3) is 0 Å². The van der Waals surface area contributed by atoms with Gasteiger partial charge in [-0.2, -0.15) is 13.2 Å². The molecule has 0 atom stereocenters. The summed E-state index contributed by atoms with van der Waals surface area (Å²) in [6.45, 7) is 5.11. The summed E-state index contributed by atoms with van der Waals surface area (Å²) in [5, 5.41) is 0. The average molecular weight is 234 g/mol. The molecule has 0 fully saturated rings. The molecule has 0 spiro atoms. The van der Waals surface area contributed by atoms with Gasteiger partial charge in [0.1, 0.15) is 11.4 Å². The van der Waals surface area contributed by atoms with Crippen LogP contribution >= 0.6 is 0 Å². The molecule has 0 aliphatic carbocycles. The minimum atomic E-state index is -4.56. The van der Waals surface area contributed by atoms with Crippen molar-refractivity contribution in [2.24, 2.45) is 0 Å². The first-order chi connectivity index (χ1) is 7.32. The van der Waals surface area contributed by atoms with Crippen LogP contribution < -0.4 is 5.73 Å². The molecule has 1 rings (SSSR count). The van der Waals surface area contributed by atoms with E-state index < -0.39 is 17.7 Å². The van der Waals surface area contributed by atoms with Gasteiger partial charge in [0.05, 0.1) is 5.69 Å². The number of Topliss-reactive ketones (excluding diaryl/α,β-unsaturated/α-hetero) is 1. The molecule has 16 heavy (non-hydrogen) atoms. The summed E-state index contributed by atoms with van der Waals surface area (Å²) in [5.74, 6) is -0.589. The molecule has 0 saturated carbocycles. The SMILES string of the molecule is CC.CC(=O)c1nc(C(F)(F)F)ccc1N. The molecule has 2 N–H and O–H groups in total. The van der Waals surface area contributed by atoms with Crippen LogP contribution in [0, 0.1) is 0 Å². The zero-order chi connectivity index (χ0) is 12.9. The standard InChI is InChI=1S/C8H7F3N2O.C2H6/c1-4(14)7-5(12)2-3-6(13-7)8(9,10)11;1-2/h2-3H,12H2,1H3;1-2H3. The van der Waals surface area contributed by atoms with E-state index in [1.165, 1.54) is 0 Å². The van der Waals surface area contributed by atoms with Crippen molar-refractivity contribution in [1.82, 2.24) is 4.98 Å². The number of anilines is 1. The van der Waals surface area contributed by atoms with Gasteiger partial charge in [-0.3, -0.25) is 4.79 Å². The number of carbonyl (C=O) groups excluding carboxylic acids is 1. The van der Waals surface area contributed by atoms with E-state index in [1.807, 2.05) is 13.8 Å². The highest BCUT2D eigenvalue weighted by atomic mass is 19.4. The minimum absolute atomic E-state index is 0.0505. The van der Waals surface area contributed by atoms with E-state index in [9.17, 15) is 18.0 Å². The molecule has 6 heteroatoms. The van der Waals surface area contributed by atoms with Crippen molar-refractivity contribution in [3.63, 3.8) is 0 Å². The molecular formula is C10H13F3N2O. The second-order valence-corrected chi connectivity index (χ2v) is 2.69. The highest BCUT2D eigenvalue weighted by Crippen LogP contribution is 2.28. The molecule has 90 valence electrons. The first-order valence-electron chi connectivity index (χ1n) is 4.67. The van der Waals surface area contributed by atoms with E-state index in [0.29, 0.717) is 0 Å². The summed E-state index contributed by atoms with van der Waals surface area (Å²) in [6, 6.07) is 1.76. The lowest BCUT2D eigenvalue weighted by atomic mass is 10.2. The third-order valence-electron chi connectivity index (χ3n) is 1.55. The van der Waals surface area contributed by atoms with Crippen LogP contribution in [-0.2, 0) is 6.18 Å². The Morgan fingerprint density at radius 3 is 2.19 bits per heavy atom. The van der Waals surface area contributed by atoms with Gasteiger partial charge in [-0.15, -0.1) is 0 Å². The molecule has 0 bridgehead atoms. The number of alkyl halides is 3. The predicted molar refractivity (Wildman–Crippen MR) is 55.0 cm³/mol. The van der Waals surface area contributed by atoms with Gasteiger partial charge in [-0.1, -0.05) is 13.8 Å². The molecule has 0 aliphatic heterocycles. The second-order valence-electron chi connectivity index (χ2n) is 2.69. The largest absolute Gasteiger partial charge is 0.433 e. The summed E-state index contributed by atoms with van der Waals surface area (Å²) in [4.78, 5) is 14.0. The molecular weight excluding hydrogens is 221 g/mol. The first kappa shape index (κ1) is 14.4. The van der Waals surface area contributed by atoms with Crippen molar-refractivity contribution in [3.8, 4) is 0 Å². The summed E-state index contributed by atoms with van der Waals surface area (Å²) in [5.41, 5.74) is 3.77. The van der Waals surface area contributed by atoms with E-state index in [0.717, 1.165) is 19.1 Å². The molecule has 1 heterocycles. The number of halogens is 3. The van der Waals surface area contributed by atoms with Crippen molar-refractivity contribution >= 4 is 11.5 Å². The third-order valence-corrected chi connectivity index (χ3v) is 1.55. The van der Waals surface area contributed by atoms with Crippen LogP contribution in [-0.4, -0.2) is 10.8 Å². The lowest BCUT2D eigenvalue weighted by molar-refractivity contribution is -0.141. The maximum atomic E-state index is 12.1. The normalized spacial score (nSPS) is 10.4. The lowest BCUT2D eigenvalue weighted by Crippen LogP contribution is -2.12. The highest BCUT2D eigenvalue weighted by molar-refractivity contribution is 5.96. The van der Waals surface area contributed by atoms with Crippen LogP contribution in [0.4, 0.5) is 18.9 Å². The van der Waals surface area contributed by atoms with Gasteiger partial charge in [-0.05, 0) is 12.1 Å². The van der Waals surface area contributed by atoms with Gasteiger partial charge in [0.2, 0.25) is 0 Å². The number of carbonyl (C=O) groups is 1. The van der Waals surface area contributed by atoms with Gasteiger partial charge in [0, 0.05) is 6.92 Å². The quantitative estimate of drug-likeness (QED) is 0.760. The third kappa shape index (κ3) is 3.52. The van der Waals surface area contributed by atoms with Gasteiger partial charge in [-0.25, -0.2) is 4.98 Å². The maximum absolute atomic E-state index is 12.1. The van der Waals surface area contributed by atoms with Crippen molar-refractivity contribution in [1.29, 1.82) is 0 Å². The van der Waals surface area contributed by atoms with Crippen LogP contribution in [0.3, 0.4) is 0 Å². The van der Waals surface area contributed by atoms with E-state index >= 15 is 0 Å². The molecule has 0 radical (unpaired) electrons. The van der Waals surface area contributed by atoms with Gasteiger partial charge >= 0.3 is 6.18 Å². The Labute approximate surface area is 91.5 Å². The van der Waals surface area contributed by atoms with Crippen LogP contribution in [0.2, 0.25) is 0 Å². The summed E-state index contributed by atoms with van der Waals surface area (Å²) in [7, 11) is 0. The highest BCUT2D eigenvalue weighted by Gasteiger charge is 2.33. The molecule has 0 unspecified atom stereocenters. The van der Waals surface area contributed by atoms with Gasteiger partial charge in [0.25, 0.3) is 0 Å². The average Bonchev–Trinajstić information content (AvgIpc) is 2.19. The molecule has 0 amide bonds. The molecule has 1 aromatic heterocycles. The lowest BCUT2D eigenvalue weighted by Gasteiger charge is -2.07. The Kier molecular flexibility index (Phi) is 4.94. The van der Waals surface area contributed by atoms with Gasteiger partial charge < -0.3 is 5.73 Å². The Balaban J connectivity index is 0.00000106. The first-order valence-corrected chi connectivity index (χ1v) is 4.67. The number of rotatable bonds is 1. The van der Waals surface area contributed by atoms with Gasteiger partial charge in [0.15, 0.2) is 5.78 Å². The van der Waals surface area contributed by atoms with E-state index in [4.69, 9.17) is 5.73 Å². The van der Waals surface area contributed by atoms with E-state index in [-0.39, 0.29) is 11.4 Å². The molecule has 0 aromatic carbocycles. The Morgan fingerprint density at radius 2 is 1.81 bits per heavy atom. The van der Waals surface area contributed by atoms with Crippen LogP contribution in [0.15, 0.2) is 12.1 Å². The van der Waals surface area contributed by atoms with Crippen molar-refractivity contribution < 1.29 is 18.0 Å². The van der Waals surface area contributed by atoms with E-state index in [1.54, 1.807) is 0 Å². The fraction of sp³-hybridized carbons (Fsp3) is 0.400.